The van der Waals surface area contributed by atoms with Gasteiger partial charge in [-0.05, 0) is 28.9 Å². The lowest BCUT2D eigenvalue weighted by Gasteiger charge is -2.14. The van der Waals surface area contributed by atoms with Gasteiger partial charge in [-0.2, -0.15) is 0 Å². The van der Waals surface area contributed by atoms with Crippen LogP contribution in [0.5, 0.6) is 0 Å². The van der Waals surface area contributed by atoms with Crippen molar-refractivity contribution < 1.29 is 14.6 Å². The molecule has 0 aromatic carbocycles. The lowest BCUT2D eigenvalue weighted by atomic mass is 10.0. The van der Waals surface area contributed by atoms with Crippen LogP contribution in [0.15, 0.2) is 15.9 Å². The lowest BCUT2D eigenvalue weighted by molar-refractivity contribution is -0.148. The first-order valence-corrected chi connectivity index (χ1v) is 5.73. The van der Waals surface area contributed by atoms with Gasteiger partial charge in [-0.3, -0.25) is 4.79 Å². The van der Waals surface area contributed by atoms with Crippen molar-refractivity contribution in [2.24, 2.45) is 5.92 Å². The van der Waals surface area contributed by atoms with Crippen LogP contribution in [-0.2, 0) is 9.53 Å². The van der Waals surface area contributed by atoms with Gasteiger partial charge in [-0.25, -0.2) is 0 Å². The third-order valence-electron chi connectivity index (χ3n) is 1.93. The van der Waals surface area contributed by atoms with E-state index in [0.29, 0.717) is 0 Å². The number of aliphatic hydroxyl groups excluding tert-OH is 1. The second-order valence-electron chi connectivity index (χ2n) is 2.92. The van der Waals surface area contributed by atoms with E-state index in [1.165, 1.54) is 18.4 Å². The van der Waals surface area contributed by atoms with E-state index in [2.05, 4.69) is 20.7 Å². The molecule has 0 aliphatic carbocycles. The molecule has 1 rings (SSSR count). The Bertz CT molecular complexity index is 324. The van der Waals surface area contributed by atoms with Crippen molar-refractivity contribution >= 4 is 33.2 Å². The van der Waals surface area contributed by atoms with Gasteiger partial charge in [0.2, 0.25) is 0 Å². The van der Waals surface area contributed by atoms with E-state index >= 15 is 0 Å². The number of aliphatic hydroxyl groups is 1. The van der Waals surface area contributed by atoms with E-state index < -0.39 is 18.0 Å². The summed E-state index contributed by atoms with van der Waals surface area (Å²) in [5.41, 5.74) is 0. The number of rotatable bonds is 3. The Hall–Kier alpha value is -0.390. The minimum Gasteiger partial charge on any atom is -0.469 e. The van der Waals surface area contributed by atoms with Crippen molar-refractivity contribution in [3.05, 3.63) is 20.8 Å². The smallest absolute Gasteiger partial charge is 0.311 e. The molecule has 0 bridgehead atoms. The Labute approximate surface area is 94.8 Å². The predicted octanol–water partition coefficient (Wildman–Crippen LogP) is 2.35. The summed E-state index contributed by atoms with van der Waals surface area (Å²) >= 11 is 4.70. The van der Waals surface area contributed by atoms with Crippen LogP contribution in [0.25, 0.3) is 0 Å². The zero-order chi connectivity index (χ0) is 10.7. The highest BCUT2D eigenvalue weighted by molar-refractivity contribution is 9.10. The quantitative estimate of drug-likeness (QED) is 0.864. The maximum Gasteiger partial charge on any atom is 0.311 e. The molecular weight excluding hydrogens is 268 g/mol. The molecule has 5 heteroatoms. The Balaban J connectivity index is 2.74. The fourth-order valence-corrected chi connectivity index (χ4v) is 2.58. The molecule has 2 atom stereocenters. The Morgan fingerprint density at radius 3 is 2.79 bits per heavy atom. The van der Waals surface area contributed by atoms with Gasteiger partial charge in [0.1, 0.15) is 6.10 Å². The minimum absolute atomic E-state index is 0.401. The molecule has 0 radical (unpaired) electrons. The molecule has 1 heterocycles. The molecule has 0 spiro atoms. The van der Waals surface area contributed by atoms with Crippen LogP contribution in [0, 0.1) is 5.92 Å². The molecule has 0 aliphatic heterocycles. The highest BCUT2D eigenvalue weighted by atomic mass is 79.9. The van der Waals surface area contributed by atoms with E-state index in [1.54, 1.807) is 13.0 Å². The van der Waals surface area contributed by atoms with Gasteiger partial charge < -0.3 is 9.84 Å². The van der Waals surface area contributed by atoms with Crippen LogP contribution in [0.4, 0.5) is 0 Å². The van der Waals surface area contributed by atoms with Gasteiger partial charge in [-0.15, -0.1) is 11.3 Å². The molecular formula is C9H11BrO3S. The van der Waals surface area contributed by atoms with Crippen LogP contribution in [0.2, 0.25) is 0 Å². The highest BCUT2D eigenvalue weighted by Crippen LogP contribution is 2.30. The molecule has 3 nitrogen and oxygen atoms in total. The molecule has 0 aliphatic rings. The molecule has 0 saturated carbocycles. The third-order valence-corrected chi connectivity index (χ3v) is 3.69. The molecule has 2 unspecified atom stereocenters. The summed E-state index contributed by atoms with van der Waals surface area (Å²) in [5.74, 6) is -0.937. The number of hydrogen-bond donors (Lipinski definition) is 1. The van der Waals surface area contributed by atoms with Crippen molar-refractivity contribution in [2.45, 2.75) is 13.0 Å². The molecule has 14 heavy (non-hydrogen) atoms. The fraction of sp³-hybridized carbons (Fsp3) is 0.444. The average molecular weight is 279 g/mol. The Kier molecular flexibility index (Phi) is 4.10. The van der Waals surface area contributed by atoms with Gasteiger partial charge >= 0.3 is 5.97 Å². The summed E-state index contributed by atoms with van der Waals surface area (Å²) < 4.78 is 5.47. The standard InChI is InChI=1S/C9H11BrO3S/c1-5(9(12)13-2)8(11)7-3-6(10)4-14-7/h3-5,8,11H,1-2H3. The number of halogens is 1. The van der Waals surface area contributed by atoms with Gasteiger partial charge in [-0.1, -0.05) is 0 Å². The van der Waals surface area contributed by atoms with Gasteiger partial charge in [0, 0.05) is 14.7 Å². The van der Waals surface area contributed by atoms with E-state index in [4.69, 9.17) is 0 Å². The van der Waals surface area contributed by atoms with E-state index in [-0.39, 0.29) is 0 Å². The van der Waals surface area contributed by atoms with Gasteiger partial charge in [0.25, 0.3) is 0 Å². The molecule has 0 amide bonds. The van der Waals surface area contributed by atoms with Crippen LogP contribution in [0.3, 0.4) is 0 Å². The topological polar surface area (TPSA) is 46.5 Å². The van der Waals surface area contributed by atoms with E-state index in [0.717, 1.165) is 9.35 Å². The van der Waals surface area contributed by atoms with Crippen LogP contribution >= 0.6 is 27.3 Å². The number of carbonyl (C=O) groups is 1. The summed E-state index contributed by atoms with van der Waals surface area (Å²) in [4.78, 5) is 11.9. The van der Waals surface area contributed by atoms with E-state index in [9.17, 15) is 9.90 Å². The number of methoxy groups -OCH3 is 1. The number of carbonyl (C=O) groups excluding carboxylic acids is 1. The van der Waals surface area contributed by atoms with Crippen LogP contribution < -0.4 is 0 Å². The summed E-state index contributed by atoms with van der Waals surface area (Å²) in [7, 11) is 1.32. The Morgan fingerprint density at radius 2 is 2.36 bits per heavy atom. The zero-order valence-electron chi connectivity index (χ0n) is 7.86. The molecule has 1 N–H and O–H groups in total. The third kappa shape index (κ3) is 2.56. The summed E-state index contributed by atoms with van der Waals surface area (Å²) in [6, 6.07) is 1.80. The maximum atomic E-state index is 11.1. The highest BCUT2D eigenvalue weighted by Gasteiger charge is 2.25. The summed E-state index contributed by atoms with van der Waals surface area (Å²) in [5, 5.41) is 11.7. The molecule has 0 saturated heterocycles. The number of ether oxygens (including phenoxy) is 1. The maximum absolute atomic E-state index is 11.1. The molecule has 0 fully saturated rings. The van der Waals surface area contributed by atoms with Crippen molar-refractivity contribution in [1.29, 1.82) is 0 Å². The largest absolute Gasteiger partial charge is 0.469 e. The minimum atomic E-state index is -0.793. The lowest BCUT2D eigenvalue weighted by Crippen LogP contribution is -2.19. The van der Waals surface area contributed by atoms with Crippen LogP contribution in [-0.4, -0.2) is 18.2 Å². The molecule has 1 aromatic heterocycles. The second kappa shape index (κ2) is 4.91. The van der Waals surface area contributed by atoms with E-state index in [1.807, 2.05) is 5.38 Å². The number of thiophene rings is 1. The zero-order valence-corrected chi connectivity index (χ0v) is 10.3. The number of hydrogen-bond acceptors (Lipinski definition) is 4. The summed E-state index contributed by atoms with van der Waals surface area (Å²) in [6.07, 6.45) is -0.793. The van der Waals surface area contributed by atoms with Crippen molar-refractivity contribution in [1.82, 2.24) is 0 Å². The number of esters is 1. The van der Waals surface area contributed by atoms with Crippen molar-refractivity contribution in [3.8, 4) is 0 Å². The SMILES string of the molecule is COC(=O)C(C)C(O)c1cc(Br)cs1. The molecule has 1 aromatic rings. The van der Waals surface area contributed by atoms with Gasteiger partial charge in [0.05, 0.1) is 13.0 Å². The first-order valence-electron chi connectivity index (χ1n) is 4.06. The average Bonchev–Trinajstić information content (AvgIpc) is 2.61. The van der Waals surface area contributed by atoms with Crippen LogP contribution in [0.1, 0.15) is 17.9 Å². The van der Waals surface area contributed by atoms with Crippen molar-refractivity contribution in [3.63, 3.8) is 0 Å². The predicted molar refractivity (Wildman–Crippen MR) is 58.2 cm³/mol. The monoisotopic (exact) mass is 278 g/mol. The first kappa shape index (κ1) is 11.7. The van der Waals surface area contributed by atoms with Gasteiger partial charge in [0.15, 0.2) is 0 Å². The molecule has 78 valence electrons. The Morgan fingerprint density at radius 1 is 1.71 bits per heavy atom. The fourth-order valence-electron chi connectivity index (χ4n) is 1.04. The first-order chi connectivity index (χ1) is 6.56. The second-order valence-corrected chi connectivity index (χ2v) is 4.78. The van der Waals surface area contributed by atoms with Crippen molar-refractivity contribution in [2.75, 3.05) is 7.11 Å². The normalized spacial score (nSPS) is 14.9. The summed E-state index contributed by atoms with van der Waals surface area (Å²) in [6.45, 7) is 1.64.